The average molecular weight is 1030 g/mol. The number of nitrogens with zero attached hydrogens (tertiary/aromatic N) is 2. The van der Waals surface area contributed by atoms with Crippen LogP contribution in [0.2, 0.25) is 0 Å². The lowest BCUT2D eigenvalue weighted by Gasteiger charge is -2.46. The molecular formula is C56H100N2O14. The summed E-state index contributed by atoms with van der Waals surface area (Å²) in [6.45, 7) is 8.42. The fourth-order valence-electron chi connectivity index (χ4n) is 8.32. The molecule has 0 unspecified atom stereocenters. The Bertz CT molecular complexity index is 1300. The highest BCUT2D eigenvalue weighted by Gasteiger charge is 2.44. The molecule has 1 amide bonds. The first-order valence-corrected chi connectivity index (χ1v) is 28.4. The van der Waals surface area contributed by atoms with Crippen molar-refractivity contribution in [2.45, 2.75) is 239 Å². The van der Waals surface area contributed by atoms with E-state index in [9.17, 15) is 33.6 Å². The molecule has 2 atom stereocenters. The summed E-state index contributed by atoms with van der Waals surface area (Å²) >= 11 is 0. The van der Waals surface area contributed by atoms with E-state index in [4.69, 9.17) is 33.2 Å². The monoisotopic (exact) mass is 1020 g/mol. The largest absolute Gasteiger partial charge is 0.465 e. The third kappa shape index (κ3) is 36.1. The Morgan fingerprint density at radius 3 is 0.986 bits per heavy atom. The predicted octanol–water partition coefficient (Wildman–Crippen LogP) is 11.4. The summed E-state index contributed by atoms with van der Waals surface area (Å²) in [4.78, 5) is 93.9. The van der Waals surface area contributed by atoms with E-state index in [0.717, 1.165) is 103 Å². The van der Waals surface area contributed by atoms with Gasteiger partial charge in [0.1, 0.15) is 19.8 Å². The van der Waals surface area contributed by atoms with E-state index < -0.39 is 42.0 Å². The topological polar surface area (TPSA) is 191 Å². The molecule has 0 saturated carbocycles. The number of rotatable bonds is 47. The second-order valence-corrected chi connectivity index (χ2v) is 20.2. The molecule has 1 aliphatic heterocycles. The zero-order valence-electron chi connectivity index (χ0n) is 46.0. The Hall–Kier alpha value is -3.95. The van der Waals surface area contributed by atoms with Gasteiger partial charge in [0.2, 0.25) is 0 Å². The van der Waals surface area contributed by atoms with Crippen LogP contribution in [0.25, 0.3) is 0 Å². The lowest BCUT2D eigenvalue weighted by Crippen LogP contribution is -2.62. The lowest BCUT2D eigenvalue weighted by molar-refractivity contribution is -0.159. The summed E-state index contributed by atoms with van der Waals surface area (Å²) in [6, 6.07) is -1.14. The molecule has 1 heterocycles. The number of hydrogen-bond donors (Lipinski definition) is 0. The van der Waals surface area contributed by atoms with Crippen molar-refractivity contribution in [3.63, 3.8) is 0 Å². The third-order valence-corrected chi connectivity index (χ3v) is 12.9. The van der Waals surface area contributed by atoms with Gasteiger partial charge in [-0.3, -0.25) is 33.7 Å². The van der Waals surface area contributed by atoms with Gasteiger partial charge >= 0.3 is 41.9 Å². The van der Waals surface area contributed by atoms with Gasteiger partial charge in [0.25, 0.3) is 0 Å². The summed E-state index contributed by atoms with van der Waals surface area (Å²) < 4.78 is 39.1. The lowest BCUT2D eigenvalue weighted by atomic mass is 9.94. The van der Waals surface area contributed by atoms with Crippen LogP contribution in [-0.4, -0.2) is 131 Å². The number of carbonyl (C=O) groups excluding carboxylic acids is 7. The van der Waals surface area contributed by atoms with Gasteiger partial charge in [-0.15, -0.1) is 0 Å². The highest BCUT2D eigenvalue weighted by atomic mass is 16.6. The van der Waals surface area contributed by atoms with Crippen LogP contribution >= 0.6 is 0 Å². The molecule has 0 N–H and O–H groups in total. The minimum atomic E-state index is -0.648. The standard InChI is InChI=1S/C56H100N2O14/c1-7-11-15-19-23-27-31-50(59)67-40-46(41-68-51(60)32-28-24-20-16-12-8-2)37-54(63)71-44-48-39-49(58(48)56(65)66-36-35-57(5)6)45-72-55(64)38-47(42-69-52(61)33-29-25-21-17-13-9-3)43-70-53(62)34-30-26-22-18-14-10-4/h46-49H,7-45H2,1-6H3/t48-,49+. The van der Waals surface area contributed by atoms with Crippen LogP contribution in [0.15, 0.2) is 0 Å². The van der Waals surface area contributed by atoms with Crippen molar-refractivity contribution in [3.8, 4) is 0 Å². The van der Waals surface area contributed by atoms with E-state index in [-0.39, 0.29) is 109 Å². The van der Waals surface area contributed by atoms with Crippen molar-refractivity contribution in [3.05, 3.63) is 0 Å². The minimum Gasteiger partial charge on any atom is -0.465 e. The van der Waals surface area contributed by atoms with Crippen molar-refractivity contribution < 1.29 is 66.7 Å². The van der Waals surface area contributed by atoms with E-state index in [1.54, 1.807) is 0 Å². The number of likely N-dealkylation sites (N-methyl/N-ethyl adjacent to an activating group) is 1. The van der Waals surface area contributed by atoms with E-state index in [1.165, 1.54) is 30.6 Å². The van der Waals surface area contributed by atoms with Crippen LogP contribution in [0.5, 0.6) is 0 Å². The first-order chi connectivity index (χ1) is 34.8. The number of unbranched alkanes of at least 4 members (excludes halogenated alkanes) is 20. The van der Waals surface area contributed by atoms with E-state index in [0.29, 0.717) is 38.6 Å². The van der Waals surface area contributed by atoms with Crippen molar-refractivity contribution in [2.75, 3.05) is 66.9 Å². The maximum absolute atomic E-state index is 13.4. The number of ether oxygens (including phenoxy) is 7. The molecular weight excluding hydrogens is 925 g/mol. The van der Waals surface area contributed by atoms with E-state index in [2.05, 4.69) is 27.7 Å². The zero-order chi connectivity index (χ0) is 53.0. The molecule has 0 aromatic heterocycles. The average Bonchev–Trinajstić information content (AvgIpc) is 3.34. The molecule has 0 aromatic carbocycles. The van der Waals surface area contributed by atoms with Crippen LogP contribution in [0.4, 0.5) is 4.79 Å². The summed E-state index contributed by atoms with van der Waals surface area (Å²) in [5.74, 6) is -3.95. The van der Waals surface area contributed by atoms with E-state index >= 15 is 0 Å². The SMILES string of the molecule is CCCCCCCCC(=O)OCC(COC(=O)CCCCCCCC)CC(=O)OC[C@@H]1C[C@H](COC(=O)CC(COC(=O)CCCCCCCC)COC(=O)CCCCCCCC)N1C(=O)OCCN(C)C. The molecule has 0 aromatic rings. The van der Waals surface area contributed by atoms with Crippen LogP contribution in [0.1, 0.15) is 227 Å². The van der Waals surface area contributed by atoms with Crippen molar-refractivity contribution >= 4 is 41.9 Å². The molecule has 1 fully saturated rings. The van der Waals surface area contributed by atoms with Crippen molar-refractivity contribution in [1.29, 1.82) is 0 Å². The van der Waals surface area contributed by atoms with Crippen LogP contribution in [-0.2, 0) is 61.9 Å². The summed E-state index contributed by atoms with van der Waals surface area (Å²) in [5, 5.41) is 0. The fraction of sp³-hybridized carbons (Fsp3) is 0.875. The first kappa shape index (κ1) is 66.1. The third-order valence-electron chi connectivity index (χ3n) is 12.9. The molecule has 16 heteroatoms. The molecule has 72 heavy (non-hydrogen) atoms. The molecule has 1 saturated heterocycles. The number of amides is 1. The van der Waals surface area contributed by atoms with Gasteiger partial charge in [0, 0.05) is 44.1 Å². The smallest absolute Gasteiger partial charge is 0.410 e. The Morgan fingerprint density at radius 1 is 0.403 bits per heavy atom. The van der Waals surface area contributed by atoms with Crippen molar-refractivity contribution in [2.24, 2.45) is 11.8 Å². The van der Waals surface area contributed by atoms with Gasteiger partial charge in [-0.05, 0) is 46.2 Å². The molecule has 0 spiro atoms. The molecule has 418 valence electrons. The number of esters is 6. The van der Waals surface area contributed by atoms with Gasteiger partial charge in [-0.25, -0.2) is 4.79 Å². The molecule has 0 radical (unpaired) electrons. The minimum absolute atomic E-state index is 0.106. The van der Waals surface area contributed by atoms with Gasteiger partial charge in [-0.1, -0.05) is 156 Å². The normalized spacial score (nSPS) is 14.3. The first-order valence-electron chi connectivity index (χ1n) is 28.4. The van der Waals surface area contributed by atoms with Crippen LogP contribution in [0, 0.1) is 11.8 Å². The molecule has 0 aliphatic carbocycles. The summed E-state index contributed by atoms with van der Waals surface area (Å²) in [7, 11) is 3.70. The Balaban J connectivity index is 2.92. The fourth-order valence-corrected chi connectivity index (χ4v) is 8.32. The van der Waals surface area contributed by atoms with Crippen molar-refractivity contribution in [1.82, 2.24) is 9.80 Å². The molecule has 0 bridgehead atoms. The van der Waals surface area contributed by atoms with Gasteiger partial charge < -0.3 is 38.1 Å². The van der Waals surface area contributed by atoms with E-state index in [1.807, 2.05) is 19.0 Å². The number of carbonyl (C=O) groups is 7. The highest BCUT2D eigenvalue weighted by molar-refractivity contribution is 5.73. The summed E-state index contributed by atoms with van der Waals surface area (Å²) in [6.07, 6.45) is 25.0. The highest BCUT2D eigenvalue weighted by Crippen LogP contribution is 2.28. The maximum atomic E-state index is 13.4. The Kier molecular flexibility index (Phi) is 40.9. The Morgan fingerprint density at radius 2 is 0.694 bits per heavy atom. The van der Waals surface area contributed by atoms with Crippen LogP contribution < -0.4 is 0 Å². The number of hydrogen-bond acceptors (Lipinski definition) is 15. The van der Waals surface area contributed by atoms with Crippen LogP contribution in [0.3, 0.4) is 0 Å². The second-order valence-electron chi connectivity index (χ2n) is 20.2. The maximum Gasteiger partial charge on any atom is 0.410 e. The summed E-state index contributed by atoms with van der Waals surface area (Å²) in [5.41, 5.74) is 0. The second kappa shape index (κ2) is 44.5. The molecule has 16 nitrogen and oxygen atoms in total. The number of likely N-dealkylation sites (tertiary alicyclic amines) is 1. The predicted molar refractivity (Wildman–Crippen MR) is 278 cm³/mol. The van der Waals surface area contributed by atoms with Gasteiger partial charge in [0.15, 0.2) is 0 Å². The van der Waals surface area contributed by atoms with Gasteiger partial charge in [0.05, 0.1) is 51.4 Å². The zero-order valence-corrected chi connectivity index (χ0v) is 46.0. The molecule has 1 rings (SSSR count). The van der Waals surface area contributed by atoms with Gasteiger partial charge in [-0.2, -0.15) is 0 Å². The Labute approximate surface area is 434 Å². The molecule has 1 aliphatic rings. The quantitative estimate of drug-likeness (QED) is 0.0317.